The molecule has 0 aliphatic heterocycles. The predicted octanol–water partition coefficient (Wildman–Crippen LogP) is 4.39. The lowest BCUT2D eigenvalue weighted by molar-refractivity contribution is 0.630. The summed E-state index contributed by atoms with van der Waals surface area (Å²) in [6.45, 7) is 5.19. The zero-order chi connectivity index (χ0) is 14.4. The van der Waals surface area contributed by atoms with Crippen LogP contribution in [0.1, 0.15) is 43.0 Å². The van der Waals surface area contributed by atoms with E-state index in [1.54, 1.807) is 12.4 Å². The van der Waals surface area contributed by atoms with Gasteiger partial charge >= 0.3 is 0 Å². The molecule has 1 aromatic heterocycles. The molecule has 3 heteroatoms. The van der Waals surface area contributed by atoms with Crippen molar-refractivity contribution in [3.8, 4) is 0 Å². The van der Waals surface area contributed by atoms with Crippen LogP contribution in [-0.4, -0.2) is 11.5 Å². The fraction of sp³-hybridized carbons (Fsp3) is 0.353. The number of hydrogen-bond acceptors (Lipinski definition) is 2. The first kappa shape index (κ1) is 15.0. The molecular weight excluding hydrogens is 268 g/mol. The van der Waals surface area contributed by atoms with Gasteiger partial charge in [-0.05, 0) is 35.7 Å². The van der Waals surface area contributed by atoms with Crippen LogP contribution in [0.15, 0.2) is 42.7 Å². The van der Waals surface area contributed by atoms with Crippen molar-refractivity contribution in [1.82, 2.24) is 10.3 Å². The monoisotopic (exact) mass is 288 g/mol. The van der Waals surface area contributed by atoms with E-state index in [1.165, 1.54) is 17.5 Å². The third-order valence-corrected chi connectivity index (χ3v) is 3.69. The Bertz CT molecular complexity index is 537. The number of pyridine rings is 1. The van der Waals surface area contributed by atoms with Crippen LogP contribution in [-0.2, 0) is 6.42 Å². The Kier molecular flexibility index (Phi) is 5.57. The van der Waals surface area contributed by atoms with Crippen molar-refractivity contribution in [3.05, 3.63) is 64.4 Å². The highest BCUT2D eigenvalue weighted by molar-refractivity contribution is 6.31. The predicted molar refractivity (Wildman–Crippen MR) is 85.2 cm³/mol. The summed E-state index contributed by atoms with van der Waals surface area (Å²) in [7, 11) is 0. The summed E-state index contributed by atoms with van der Waals surface area (Å²) in [6.07, 6.45) is 5.79. The van der Waals surface area contributed by atoms with Crippen LogP contribution in [0.25, 0.3) is 0 Å². The molecule has 20 heavy (non-hydrogen) atoms. The largest absolute Gasteiger partial charge is 0.306 e. The number of nitrogens with one attached hydrogen (secondary N) is 1. The molecular formula is C17H21ClN2. The molecule has 1 atom stereocenters. The van der Waals surface area contributed by atoms with Gasteiger partial charge in [0.25, 0.3) is 0 Å². The van der Waals surface area contributed by atoms with Crippen molar-refractivity contribution < 1.29 is 0 Å². The van der Waals surface area contributed by atoms with Crippen molar-refractivity contribution in [2.24, 2.45) is 0 Å². The van der Waals surface area contributed by atoms with Crippen molar-refractivity contribution in [2.45, 2.75) is 32.7 Å². The molecule has 0 radical (unpaired) electrons. The van der Waals surface area contributed by atoms with E-state index < -0.39 is 0 Å². The maximum Gasteiger partial charge on any atom is 0.0640 e. The molecule has 0 fully saturated rings. The van der Waals surface area contributed by atoms with Crippen LogP contribution in [0.2, 0.25) is 5.02 Å². The van der Waals surface area contributed by atoms with Crippen LogP contribution in [0.5, 0.6) is 0 Å². The zero-order valence-electron chi connectivity index (χ0n) is 12.1. The van der Waals surface area contributed by atoms with Gasteiger partial charge in [0, 0.05) is 12.4 Å². The number of benzene rings is 1. The number of aromatic nitrogens is 1. The highest BCUT2D eigenvalue weighted by Gasteiger charge is 2.15. The summed E-state index contributed by atoms with van der Waals surface area (Å²) in [6, 6.07) is 10.9. The summed E-state index contributed by atoms with van der Waals surface area (Å²) in [4.78, 5) is 4.06. The van der Waals surface area contributed by atoms with E-state index >= 15 is 0 Å². The highest BCUT2D eigenvalue weighted by Crippen LogP contribution is 2.27. The lowest BCUT2D eigenvalue weighted by Gasteiger charge is -2.20. The minimum absolute atomic E-state index is 0.117. The maximum atomic E-state index is 6.28. The topological polar surface area (TPSA) is 24.9 Å². The van der Waals surface area contributed by atoms with Crippen LogP contribution in [0.4, 0.5) is 0 Å². The van der Waals surface area contributed by atoms with Gasteiger partial charge in [-0.1, -0.05) is 56.1 Å². The van der Waals surface area contributed by atoms with Crippen LogP contribution in [0.3, 0.4) is 0 Å². The second-order valence-electron chi connectivity index (χ2n) is 4.88. The molecule has 0 saturated heterocycles. The van der Waals surface area contributed by atoms with E-state index in [1.807, 2.05) is 6.07 Å². The van der Waals surface area contributed by atoms with E-state index in [-0.39, 0.29) is 6.04 Å². The number of halogens is 1. The molecule has 2 aromatic rings. The number of nitrogens with zero attached hydrogens (tertiary/aromatic N) is 1. The number of hydrogen-bond donors (Lipinski definition) is 1. The van der Waals surface area contributed by atoms with Crippen LogP contribution in [0, 0.1) is 0 Å². The second-order valence-corrected chi connectivity index (χ2v) is 5.29. The first-order chi connectivity index (χ1) is 9.76. The van der Waals surface area contributed by atoms with Gasteiger partial charge in [0.2, 0.25) is 0 Å². The first-order valence-electron chi connectivity index (χ1n) is 7.17. The van der Waals surface area contributed by atoms with Gasteiger partial charge in [0.05, 0.1) is 11.1 Å². The van der Waals surface area contributed by atoms with Gasteiger partial charge in [0.1, 0.15) is 0 Å². The van der Waals surface area contributed by atoms with Gasteiger partial charge in [-0.2, -0.15) is 0 Å². The van der Waals surface area contributed by atoms with Gasteiger partial charge < -0.3 is 5.32 Å². The Morgan fingerprint density at radius 2 is 1.90 bits per heavy atom. The van der Waals surface area contributed by atoms with Crippen molar-refractivity contribution in [1.29, 1.82) is 0 Å². The lowest BCUT2D eigenvalue weighted by Crippen LogP contribution is -2.22. The number of aryl methyl sites for hydroxylation is 1. The molecule has 0 amide bonds. The standard InChI is InChI=1S/C17H21ClN2/c1-3-5-13-6-8-14(9-7-13)17(20-4-2)15-10-11-19-12-16(15)18/h6-12,17,20H,3-5H2,1-2H3. The van der Waals surface area contributed by atoms with E-state index in [0.717, 1.165) is 18.5 Å². The van der Waals surface area contributed by atoms with Crippen LogP contribution < -0.4 is 5.32 Å². The zero-order valence-corrected chi connectivity index (χ0v) is 12.8. The van der Waals surface area contributed by atoms with E-state index in [0.29, 0.717) is 5.02 Å². The Hall–Kier alpha value is -1.38. The molecule has 0 aliphatic carbocycles. The van der Waals surface area contributed by atoms with Crippen molar-refractivity contribution in [2.75, 3.05) is 6.54 Å². The van der Waals surface area contributed by atoms with Gasteiger partial charge in [-0.25, -0.2) is 0 Å². The second kappa shape index (κ2) is 7.41. The summed E-state index contributed by atoms with van der Waals surface area (Å²) >= 11 is 6.28. The molecule has 0 spiro atoms. The molecule has 0 saturated carbocycles. The summed E-state index contributed by atoms with van der Waals surface area (Å²) in [5.41, 5.74) is 3.69. The van der Waals surface area contributed by atoms with E-state index in [2.05, 4.69) is 48.4 Å². The fourth-order valence-corrected chi connectivity index (χ4v) is 2.63. The average molecular weight is 289 g/mol. The van der Waals surface area contributed by atoms with E-state index in [9.17, 15) is 0 Å². The van der Waals surface area contributed by atoms with Crippen molar-refractivity contribution >= 4 is 11.6 Å². The molecule has 2 rings (SSSR count). The first-order valence-corrected chi connectivity index (χ1v) is 7.55. The normalized spacial score (nSPS) is 12.3. The Balaban J connectivity index is 2.31. The third kappa shape index (κ3) is 3.59. The number of rotatable bonds is 6. The molecule has 2 nitrogen and oxygen atoms in total. The Morgan fingerprint density at radius 3 is 2.50 bits per heavy atom. The minimum atomic E-state index is 0.117. The molecule has 1 aromatic carbocycles. The lowest BCUT2D eigenvalue weighted by atomic mass is 9.97. The molecule has 0 aliphatic rings. The van der Waals surface area contributed by atoms with Gasteiger partial charge in [-0.3, -0.25) is 4.98 Å². The summed E-state index contributed by atoms with van der Waals surface area (Å²) in [5, 5.41) is 4.20. The van der Waals surface area contributed by atoms with Crippen molar-refractivity contribution in [3.63, 3.8) is 0 Å². The smallest absolute Gasteiger partial charge is 0.0640 e. The third-order valence-electron chi connectivity index (χ3n) is 3.37. The Labute approximate surface area is 126 Å². The SMILES string of the molecule is CCCc1ccc(C(NCC)c2ccncc2Cl)cc1. The molecule has 1 unspecified atom stereocenters. The quantitative estimate of drug-likeness (QED) is 0.853. The van der Waals surface area contributed by atoms with E-state index in [4.69, 9.17) is 11.6 Å². The highest BCUT2D eigenvalue weighted by atomic mass is 35.5. The summed E-state index contributed by atoms with van der Waals surface area (Å²) in [5.74, 6) is 0. The minimum Gasteiger partial charge on any atom is -0.306 e. The molecule has 0 bridgehead atoms. The maximum absolute atomic E-state index is 6.28. The summed E-state index contributed by atoms with van der Waals surface area (Å²) < 4.78 is 0. The van der Waals surface area contributed by atoms with Crippen LogP contribution >= 0.6 is 11.6 Å². The van der Waals surface area contributed by atoms with Gasteiger partial charge in [-0.15, -0.1) is 0 Å². The van der Waals surface area contributed by atoms with Gasteiger partial charge in [0.15, 0.2) is 0 Å². The molecule has 1 heterocycles. The fourth-order valence-electron chi connectivity index (χ4n) is 2.40. The molecule has 1 N–H and O–H groups in total. The average Bonchev–Trinajstić information content (AvgIpc) is 2.47. The molecule has 106 valence electrons. The Morgan fingerprint density at radius 1 is 1.15 bits per heavy atom.